The molecule has 1 aromatic rings. The first-order valence-corrected chi connectivity index (χ1v) is 8.56. The molecule has 0 N–H and O–H groups in total. The Kier molecular flexibility index (Phi) is 4.90. The van der Waals surface area contributed by atoms with Gasteiger partial charge < -0.3 is 4.90 Å². The largest absolute Gasteiger partial charge is 0.371 e. The Balaban J connectivity index is 2.14. The van der Waals surface area contributed by atoms with Crippen LogP contribution < -0.4 is 4.90 Å². The highest BCUT2D eigenvalue weighted by atomic mass is 79.9. The van der Waals surface area contributed by atoms with E-state index in [9.17, 15) is 0 Å². The molecular weight excluding hydrogens is 330 g/mol. The van der Waals surface area contributed by atoms with Crippen molar-refractivity contribution in [2.75, 3.05) is 23.7 Å². The molecule has 0 radical (unpaired) electrons. The number of benzene rings is 1. The van der Waals surface area contributed by atoms with Crippen molar-refractivity contribution >= 4 is 45.0 Å². The van der Waals surface area contributed by atoms with Gasteiger partial charge in [0, 0.05) is 39.6 Å². The number of rotatable bonds is 2. The van der Waals surface area contributed by atoms with Crippen molar-refractivity contribution in [3.8, 4) is 0 Å². The fourth-order valence-corrected chi connectivity index (χ4v) is 4.12. The summed E-state index contributed by atoms with van der Waals surface area (Å²) < 4.78 is 1.52. The Hall–Kier alpha value is 0.140. The Morgan fingerprint density at radius 3 is 2.83 bits per heavy atom. The summed E-state index contributed by atoms with van der Waals surface area (Å²) in [5.74, 6) is 1.76. The van der Waals surface area contributed by atoms with Gasteiger partial charge in [0.1, 0.15) is 0 Å². The Labute approximate surface area is 127 Å². The van der Waals surface area contributed by atoms with Gasteiger partial charge in [-0.15, -0.1) is 11.6 Å². The molecule has 0 amide bonds. The number of hydrogen-bond acceptors (Lipinski definition) is 2. The van der Waals surface area contributed by atoms with Crippen LogP contribution in [0.2, 0.25) is 0 Å². The second-order valence-electron chi connectivity index (χ2n) is 5.25. The van der Waals surface area contributed by atoms with E-state index in [-0.39, 0.29) is 0 Å². The standard InChI is InChI=1S/C14H19BrClNS/c1-14(2)5-6-17(7-8-18-14)12-4-3-11(10-16)13(15)9-12/h3-4,9H,5-8,10H2,1-2H3. The zero-order chi connectivity index (χ0) is 13.2. The second-order valence-corrected chi connectivity index (χ2v) is 8.18. The summed E-state index contributed by atoms with van der Waals surface area (Å²) in [6, 6.07) is 6.50. The lowest BCUT2D eigenvalue weighted by molar-refractivity contribution is 0.637. The van der Waals surface area contributed by atoms with Crippen LogP contribution >= 0.6 is 39.3 Å². The average Bonchev–Trinajstić information content (AvgIpc) is 2.50. The molecule has 100 valence electrons. The van der Waals surface area contributed by atoms with Gasteiger partial charge in [-0.05, 0) is 24.1 Å². The van der Waals surface area contributed by atoms with Crippen molar-refractivity contribution in [2.45, 2.75) is 30.9 Å². The van der Waals surface area contributed by atoms with Crippen LogP contribution in [0.1, 0.15) is 25.8 Å². The van der Waals surface area contributed by atoms with Crippen LogP contribution in [0.15, 0.2) is 22.7 Å². The lowest BCUT2D eigenvalue weighted by Crippen LogP contribution is -2.26. The highest BCUT2D eigenvalue weighted by molar-refractivity contribution is 9.10. The minimum atomic E-state index is 0.405. The van der Waals surface area contributed by atoms with Crippen LogP contribution in [0.25, 0.3) is 0 Å². The number of halogens is 2. The molecule has 0 unspecified atom stereocenters. The molecule has 0 atom stereocenters. The normalized spacial score (nSPS) is 19.7. The number of hydrogen-bond donors (Lipinski definition) is 0. The van der Waals surface area contributed by atoms with Gasteiger partial charge in [-0.1, -0.05) is 35.8 Å². The van der Waals surface area contributed by atoms with Crippen LogP contribution in [0.5, 0.6) is 0 Å². The highest BCUT2D eigenvalue weighted by Gasteiger charge is 2.23. The molecule has 0 bridgehead atoms. The summed E-state index contributed by atoms with van der Waals surface area (Å²) in [5.41, 5.74) is 2.46. The lowest BCUT2D eigenvalue weighted by Gasteiger charge is -2.24. The van der Waals surface area contributed by atoms with Crippen LogP contribution in [-0.2, 0) is 5.88 Å². The maximum absolute atomic E-state index is 5.89. The molecule has 2 rings (SSSR count). The highest BCUT2D eigenvalue weighted by Crippen LogP contribution is 2.33. The van der Waals surface area contributed by atoms with E-state index < -0.39 is 0 Å². The molecule has 1 aromatic carbocycles. The maximum atomic E-state index is 5.89. The topological polar surface area (TPSA) is 3.24 Å². The average molecular weight is 349 g/mol. The van der Waals surface area contributed by atoms with E-state index in [0.29, 0.717) is 10.6 Å². The van der Waals surface area contributed by atoms with Crippen LogP contribution in [0, 0.1) is 0 Å². The third kappa shape index (κ3) is 3.58. The fourth-order valence-electron chi connectivity index (χ4n) is 2.12. The smallest absolute Gasteiger partial charge is 0.0485 e. The first-order valence-electron chi connectivity index (χ1n) is 6.25. The molecule has 1 aliphatic rings. The van der Waals surface area contributed by atoms with Crippen molar-refractivity contribution in [1.29, 1.82) is 0 Å². The van der Waals surface area contributed by atoms with Gasteiger partial charge in [0.05, 0.1) is 0 Å². The minimum Gasteiger partial charge on any atom is -0.371 e. The first kappa shape index (κ1) is 14.5. The zero-order valence-corrected chi connectivity index (χ0v) is 14.0. The van der Waals surface area contributed by atoms with Gasteiger partial charge >= 0.3 is 0 Å². The summed E-state index contributed by atoms with van der Waals surface area (Å²) in [7, 11) is 0. The van der Waals surface area contributed by atoms with E-state index in [0.717, 1.165) is 23.1 Å². The second kappa shape index (κ2) is 6.06. The summed E-state index contributed by atoms with van der Waals surface area (Å²) in [4.78, 5) is 2.48. The quantitative estimate of drug-likeness (QED) is 0.699. The molecule has 4 heteroatoms. The maximum Gasteiger partial charge on any atom is 0.0485 e. The molecular formula is C14H19BrClNS. The van der Waals surface area contributed by atoms with Crippen molar-refractivity contribution < 1.29 is 0 Å². The molecule has 1 aliphatic heterocycles. The van der Waals surface area contributed by atoms with Crippen LogP contribution in [0.4, 0.5) is 5.69 Å². The minimum absolute atomic E-state index is 0.405. The Bertz CT molecular complexity index is 422. The van der Waals surface area contributed by atoms with Gasteiger partial charge in [0.25, 0.3) is 0 Å². The van der Waals surface area contributed by atoms with Gasteiger partial charge in [0.2, 0.25) is 0 Å². The SMILES string of the molecule is CC1(C)CCN(c2ccc(CCl)c(Br)c2)CCS1. The van der Waals surface area contributed by atoms with Gasteiger partial charge in [-0.3, -0.25) is 0 Å². The molecule has 0 spiro atoms. The van der Waals surface area contributed by atoms with Crippen molar-refractivity contribution in [3.05, 3.63) is 28.2 Å². The van der Waals surface area contributed by atoms with E-state index >= 15 is 0 Å². The van der Waals surface area contributed by atoms with E-state index in [1.165, 1.54) is 17.9 Å². The van der Waals surface area contributed by atoms with E-state index in [1.807, 2.05) is 0 Å². The van der Waals surface area contributed by atoms with Gasteiger partial charge in [-0.25, -0.2) is 0 Å². The van der Waals surface area contributed by atoms with Crippen molar-refractivity contribution in [2.24, 2.45) is 0 Å². The number of nitrogens with zero attached hydrogens (tertiary/aromatic N) is 1. The predicted molar refractivity (Wildman–Crippen MR) is 87.1 cm³/mol. The zero-order valence-electron chi connectivity index (χ0n) is 10.9. The van der Waals surface area contributed by atoms with E-state index in [2.05, 4.69) is 64.6 Å². The number of thioether (sulfide) groups is 1. The third-order valence-electron chi connectivity index (χ3n) is 3.38. The van der Waals surface area contributed by atoms with Crippen LogP contribution in [-0.4, -0.2) is 23.6 Å². The van der Waals surface area contributed by atoms with Crippen molar-refractivity contribution in [1.82, 2.24) is 0 Å². The van der Waals surface area contributed by atoms with E-state index in [1.54, 1.807) is 0 Å². The van der Waals surface area contributed by atoms with Gasteiger partial charge in [-0.2, -0.15) is 11.8 Å². The monoisotopic (exact) mass is 347 g/mol. The lowest BCUT2D eigenvalue weighted by atomic mass is 10.1. The Morgan fingerprint density at radius 2 is 2.17 bits per heavy atom. The summed E-state index contributed by atoms with van der Waals surface area (Å²) in [6.45, 7) is 6.94. The molecule has 1 fully saturated rings. The fraction of sp³-hybridized carbons (Fsp3) is 0.571. The molecule has 1 nitrogen and oxygen atoms in total. The van der Waals surface area contributed by atoms with Crippen molar-refractivity contribution in [3.63, 3.8) is 0 Å². The molecule has 0 saturated carbocycles. The molecule has 1 heterocycles. The molecule has 1 saturated heterocycles. The van der Waals surface area contributed by atoms with Gasteiger partial charge in [0.15, 0.2) is 0 Å². The first-order chi connectivity index (χ1) is 8.52. The number of anilines is 1. The Morgan fingerprint density at radius 1 is 1.39 bits per heavy atom. The predicted octanol–water partition coefficient (Wildman–Crippen LogP) is 4.91. The summed E-state index contributed by atoms with van der Waals surface area (Å²) >= 11 is 11.6. The molecule has 0 aliphatic carbocycles. The molecule has 0 aromatic heterocycles. The van der Waals surface area contributed by atoms with Crippen LogP contribution in [0.3, 0.4) is 0 Å². The summed E-state index contributed by atoms with van der Waals surface area (Å²) in [6.07, 6.45) is 1.23. The number of alkyl halides is 1. The molecule has 18 heavy (non-hydrogen) atoms. The van der Waals surface area contributed by atoms with E-state index in [4.69, 9.17) is 11.6 Å². The summed E-state index contributed by atoms with van der Waals surface area (Å²) in [5, 5.41) is 0. The third-order valence-corrected chi connectivity index (χ3v) is 5.78.